The number of nitrogens with one attached hydrogen (secondary N) is 2. The third-order valence-corrected chi connectivity index (χ3v) is 10.1. The average molecular weight is 577 g/mol. The van der Waals surface area contributed by atoms with Crippen molar-refractivity contribution >= 4 is 42.5 Å². The molecule has 0 spiro atoms. The van der Waals surface area contributed by atoms with Crippen LogP contribution < -0.4 is 0 Å². The second-order valence-electron chi connectivity index (χ2n) is 8.37. The summed E-state index contributed by atoms with van der Waals surface area (Å²) >= 11 is 5.42. The Hall–Kier alpha value is -3.67. The first kappa shape index (κ1) is 28.9. The Balaban J connectivity index is 0.000000211. The quantitative estimate of drug-likeness (QED) is 0.273. The van der Waals surface area contributed by atoms with Crippen LogP contribution in [-0.2, 0) is 19.7 Å². The molecule has 2 aromatic carbocycles. The zero-order chi connectivity index (χ0) is 28.4. The van der Waals surface area contributed by atoms with E-state index in [9.17, 15) is 26.4 Å². The number of halogens is 1. The molecule has 4 aromatic rings. The number of carbonyl (C=O) groups is 2. The van der Waals surface area contributed by atoms with Crippen LogP contribution in [0.25, 0.3) is 0 Å². The molecule has 3 N–H and O–H groups in total. The van der Waals surface area contributed by atoms with Crippen LogP contribution in [0.5, 0.6) is 0 Å². The maximum absolute atomic E-state index is 12.5. The van der Waals surface area contributed by atoms with Crippen molar-refractivity contribution in [2.24, 2.45) is 0 Å². The highest BCUT2D eigenvalue weighted by molar-refractivity contribution is 7.92. The van der Waals surface area contributed by atoms with E-state index in [4.69, 9.17) is 16.7 Å². The van der Waals surface area contributed by atoms with E-state index in [0.717, 1.165) is 0 Å². The highest BCUT2D eigenvalue weighted by Crippen LogP contribution is 2.30. The van der Waals surface area contributed by atoms with Gasteiger partial charge in [0.15, 0.2) is 0 Å². The summed E-state index contributed by atoms with van der Waals surface area (Å²) in [6.07, 6.45) is 0. The number of carboxylic acids is 1. The highest BCUT2D eigenvalue weighted by atomic mass is 35.5. The van der Waals surface area contributed by atoms with Crippen LogP contribution in [0, 0.1) is 27.7 Å². The number of carboxylic acid groups (broad SMARTS) is 1. The zero-order valence-electron chi connectivity index (χ0n) is 20.9. The molecule has 12 heteroatoms. The van der Waals surface area contributed by atoms with Crippen molar-refractivity contribution < 1.29 is 31.5 Å². The van der Waals surface area contributed by atoms with E-state index >= 15 is 0 Å². The fraction of sp³-hybridized carbons (Fsp3) is 0.154. The molecule has 2 heterocycles. The largest absolute Gasteiger partial charge is 0.477 e. The van der Waals surface area contributed by atoms with E-state index < -0.39 is 30.9 Å². The summed E-state index contributed by atoms with van der Waals surface area (Å²) in [5.41, 5.74) is 1.35. The average Bonchev–Trinajstić information content (AvgIpc) is 3.35. The maximum atomic E-state index is 12.5. The van der Waals surface area contributed by atoms with E-state index in [-0.39, 0.29) is 36.5 Å². The Kier molecular flexibility index (Phi) is 8.35. The van der Waals surface area contributed by atoms with Crippen LogP contribution >= 0.6 is 11.6 Å². The molecule has 0 atom stereocenters. The first-order valence-electron chi connectivity index (χ1n) is 11.1. The molecule has 0 fully saturated rings. The molecular formula is C26H25ClN2O7S2. The lowest BCUT2D eigenvalue weighted by Crippen LogP contribution is -2.05. The first-order chi connectivity index (χ1) is 17.7. The number of aromatic carboxylic acids is 1. The minimum absolute atomic E-state index is 0.0381. The fourth-order valence-electron chi connectivity index (χ4n) is 4.12. The number of H-pyrrole nitrogens is 2. The first-order valence-corrected chi connectivity index (χ1v) is 14.5. The van der Waals surface area contributed by atoms with E-state index in [1.54, 1.807) is 57.2 Å². The van der Waals surface area contributed by atoms with Gasteiger partial charge in [-0.3, -0.25) is 4.79 Å². The van der Waals surface area contributed by atoms with Crippen molar-refractivity contribution in [3.05, 3.63) is 94.6 Å². The number of rotatable bonds is 6. The molecule has 9 nitrogen and oxygen atoms in total. The molecule has 200 valence electrons. The Morgan fingerprint density at radius 3 is 1.29 bits per heavy atom. The smallest absolute Gasteiger partial charge is 0.352 e. The zero-order valence-corrected chi connectivity index (χ0v) is 23.3. The number of aryl methyl sites for hydroxylation is 2. The van der Waals surface area contributed by atoms with Gasteiger partial charge in [-0.2, -0.15) is 0 Å². The van der Waals surface area contributed by atoms with E-state index in [0.29, 0.717) is 17.0 Å². The molecule has 0 unspecified atom stereocenters. The highest BCUT2D eigenvalue weighted by Gasteiger charge is 2.28. The van der Waals surface area contributed by atoms with Crippen molar-refractivity contribution in [3.8, 4) is 0 Å². The van der Waals surface area contributed by atoms with Crippen LogP contribution in [0.1, 0.15) is 43.5 Å². The molecule has 0 radical (unpaired) electrons. The fourth-order valence-corrected chi connectivity index (χ4v) is 7.73. The summed E-state index contributed by atoms with van der Waals surface area (Å²) in [6.45, 7) is 6.21. The number of hydrogen-bond acceptors (Lipinski definition) is 6. The number of hydrogen-bond donors (Lipinski definition) is 3. The maximum Gasteiger partial charge on any atom is 0.352 e. The monoisotopic (exact) mass is 576 g/mol. The van der Waals surface area contributed by atoms with Crippen molar-refractivity contribution in [2.75, 3.05) is 0 Å². The van der Waals surface area contributed by atoms with Gasteiger partial charge in [-0.15, -0.1) is 0 Å². The third-order valence-electron chi connectivity index (χ3n) is 5.79. The van der Waals surface area contributed by atoms with Gasteiger partial charge in [0, 0.05) is 17.0 Å². The molecule has 4 rings (SSSR count). The minimum atomic E-state index is -3.71. The van der Waals surface area contributed by atoms with Crippen molar-refractivity contribution in [3.63, 3.8) is 0 Å². The molecule has 0 amide bonds. The lowest BCUT2D eigenvalue weighted by atomic mass is 10.2. The molecule has 0 saturated heterocycles. The van der Waals surface area contributed by atoms with Crippen LogP contribution in [0.3, 0.4) is 0 Å². The lowest BCUT2D eigenvalue weighted by molar-refractivity contribution is 0.0690. The predicted octanol–water partition coefficient (Wildman–Crippen LogP) is 5.01. The number of aromatic amines is 2. The van der Waals surface area contributed by atoms with Crippen LogP contribution in [0.4, 0.5) is 0 Å². The van der Waals surface area contributed by atoms with Gasteiger partial charge < -0.3 is 15.1 Å². The minimum Gasteiger partial charge on any atom is -0.477 e. The molecule has 0 aliphatic heterocycles. The van der Waals surface area contributed by atoms with Crippen LogP contribution in [0.2, 0.25) is 0 Å². The van der Waals surface area contributed by atoms with Gasteiger partial charge in [0.25, 0.3) is 5.24 Å². The van der Waals surface area contributed by atoms with Gasteiger partial charge in [-0.25, -0.2) is 21.6 Å². The van der Waals surface area contributed by atoms with Crippen LogP contribution in [0.15, 0.2) is 80.2 Å². The molecule has 0 aliphatic rings. The number of aromatic nitrogens is 2. The van der Waals surface area contributed by atoms with Gasteiger partial charge in [-0.1, -0.05) is 36.4 Å². The van der Waals surface area contributed by atoms with E-state index in [1.165, 1.54) is 31.2 Å². The normalized spacial score (nSPS) is 11.5. The summed E-state index contributed by atoms with van der Waals surface area (Å²) < 4.78 is 50.1. The molecule has 0 saturated carbocycles. The molecule has 0 bridgehead atoms. The summed E-state index contributed by atoms with van der Waals surface area (Å²) in [5.74, 6) is -1.17. The Labute approximate surface area is 225 Å². The Morgan fingerprint density at radius 2 is 1.00 bits per heavy atom. The Bertz CT molecular complexity index is 1590. The van der Waals surface area contributed by atoms with E-state index in [2.05, 4.69) is 9.97 Å². The van der Waals surface area contributed by atoms with Crippen molar-refractivity contribution in [1.29, 1.82) is 0 Å². The molecule has 0 aliphatic carbocycles. The third kappa shape index (κ3) is 5.45. The van der Waals surface area contributed by atoms with Crippen LogP contribution in [-0.4, -0.2) is 43.1 Å². The SMILES string of the molecule is Cc1[nH]c(C(=O)Cl)c(C)c1S(=O)(=O)c1ccccc1.Cc1[nH]c(C(=O)O)c(C)c1S(=O)(=O)c1ccccc1. The van der Waals surface area contributed by atoms with Gasteiger partial charge >= 0.3 is 5.97 Å². The van der Waals surface area contributed by atoms with E-state index in [1.807, 2.05) is 0 Å². The summed E-state index contributed by atoms with van der Waals surface area (Å²) in [5, 5.41) is 8.31. The summed E-state index contributed by atoms with van der Waals surface area (Å²) in [7, 11) is -7.36. The molecular weight excluding hydrogens is 552 g/mol. The van der Waals surface area contributed by atoms with Gasteiger partial charge in [-0.05, 0) is 69.1 Å². The Morgan fingerprint density at radius 1 is 0.658 bits per heavy atom. The van der Waals surface area contributed by atoms with Gasteiger partial charge in [0.05, 0.1) is 19.6 Å². The summed E-state index contributed by atoms with van der Waals surface area (Å²) in [6, 6.07) is 16.0. The topological polar surface area (TPSA) is 154 Å². The van der Waals surface area contributed by atoms with Crippen molar-refractivity contribution in [1.82, 2.24) is 9.97 Å². The second-order valence-corrected chi connectivity index (χ2v) is 12.5. The van der Waals surface area contributed by atoms with Crippen molar-refractivity contribution in [2.45, 2.75) is 47.3 Å². The number of sulfone groups is 2. The molecule has 2 aromatic heterocycles. The molecule has 38 heavy (non-hydrogen) atoms. The second kappa shape index (κ2) is 11.0. The van der Waals surface area contributed by atoms with Gasteiger partial charge in [0.1, 0.15) is 11.4 Å². The summed E-state index contributed by atoms with van der Waals surface area (Å²) in [4.78, 5) is 28.1. The number of benzene rings is 2. The standard InChI is InChI=1S/C13H12ClNO3S.C13H13NO4S/c1-8-11(13(14)16)15-9(2)12(8)19(17,18)10-6-4-3-5-7-10;1-8-11(13(15)16)14-9(2)12(8)19(17,18)10-6-4-3-5-7-10/h3-7,15H,1-2H3;3-7,14H,1-2H3,(H,15,16). The predicted molar refractivity (Wildman–Crippen MR) is 141 cm³/mol. The van der Waals surface area contributed by atoms with Gasteiger partial charge in [0.2, 0.25) is 19.7 Å². The number of carbonyl (C=O) groups excluding carboxylic acids is 1. The lowest BCUT2D eigenvalue weighted by Gasteiger charge is -2.05.